The minimum Gasteiger partial charge on any atom is -0.480 e. The quantitative estimate of drug-likeness (QED) is 0.0296. The van der Waals surface area contributed by atoms with Gasteiger partial charge in [0, 0.05) is 26.1 Å². The third-order valence-corrected chi connectivity index (χ3v) is 8.95. The standard InChI is InChI=1S/C32H59N11O8/c1-41(2)15-6-4-9-21(34)27(47)39-22(10-3-5-13-33)28(48)40-23(11-7-14-37-32(35)36)30(50)42-16-8-12-24(42)31(51)43-19-20(44)17-25(43)29(49)38-18-26(45)46/h20-25,44H,3-19,33-34H2,1-2H3,(H,38,49)(H,39,47)(H,40,48)(H,45,46)(H4,35,36,37)/t20-,21+,22+,23+,24+,25+/m1/s1. The van der Waals surface area contributed by atoms with E-state index in [2.05, 4.69) is 20.9 Å². The van der Waals surface area contributed by atoms with E-state index in [1.54, 1.807) is 0 Å². The van der Waals surface area contributed by atoms with Crippen molar-refractivity contribution in [2.45, 2.75) is 107 Å². The number of β-amino-alcohol motifs (C(OH)–C–C–N with tert-alkyl or cyclic N) is 1. The van der Waals surface area contributed by atoms with E-state index in [9.17, 15) is 33.9 Å². The number of aliphatic imine (C=N–C) groups is 1. The van der Waals surface area contributed by atoms with Crippen LogP contribution in [-0.2, 0) is 28.8 Å². The van der Waals surface area contributed by atoms with Crippen LogP contribution in [0.1, 0.15) is 70.6 Å². The van der Waals surface area contributed by atoms with Gasteiger partial charge >= 0.3 is 5.97 Å². The molecule has 6 atom stereocenters. The topological polar surface area (TPSA) is 305 Å². The summed E-state index contributed by atoms with van der Waals surface area (Å²) in [7, 11) is 3.92. The fourth-order valence-electron chi connectivity index (χ4n) is 6.26. The fraction of sp³-hybridized carbons (Fsp3) is 0.781. The second kappa shape index (κ2) is 22.0. The van der Waals surface area contributed by atoms with Gasteiger partial charge in [-0.05, 0) is 85.0 Å². The number of likely N-dealkylation sites (tertiary alicyclic amines) is 2. The number of carboxylic acids is 1. The Balaban J connectivity index is 2.24. The highest BCUT2D eigenvalue weighted by atomic mass is 16.4. The van der Waals surface area contributed by atoms with Gasteiger partial charge in [-0.2, -0.15) is 0 Å². The Morgan fingerprint density at radius 1 is 0.902 bits per heavy atom. The van der Waals surface area contributed by atoms with E-state index in [-0.39, 0.29) is 51.3 Å². The number of guanidine groups is 1. The molecule has 2 rings (SSSR count). The van der Waals surface area contributed by atoms with E-state index >= 15 is 0 Å². The summed E-state index contributed by atoms with van der Waals surface area (Å²) in [5, 5.41) is 27.1. The van der Waals surface area contributed by atoms with Crippen molar-refractivity contribution in [3.05, 3.63) is 0 Å². The van der Waals surface area contributed by atoms with Gasteiger partial charge in [-0.1, -0.05) is 6.42 Å². The van der Waals surface area contributed by atoms with Crippen molar-refractivity contribution in [3.8, 4) is 0 Å². The zero-order valence-corrected chi connectivity index (χ0v) is 29.9. The zero-order chi connectivity index (χ0) is 38.1. The molecule has 51 heavy (non-hydrogen) atoms. The number of nitrogens with zero attached hydrogens (tertiary/aromatic N) is 4. The summed E-state index contributed by atoms with van der Waals surface area (Å²) in [5.74, 6) is -4.31. The average Bonchev–Trinajstić information content (AvgIpc) is 3.72. The highest BCUT2D eigenvalue weighted by Gasteiger charge is 2.45. The normalized spacial score (nSPS) is 20.4. The van der Waals surface area contributed by atoms with Crippen LogP contribution in [-0.4, -0.2) is 156 Å². The van der Waals surface area contributed by atoms with Crippen LogP contribution in [0.25, 0.3) is 0 Å². The summed E-state index contributed by atoms with van der Waals surface area (Å²) in [6.07, 6.45) is 3.46. The lowest BCUT2D eigenvalue weighted by atomic mass is 10.0. The molecule has 0 aromatic carbocycles. The summed E-state index contributed by atoms with van der Waals surface area (Å²) < 4.78 is 0. The summed E-state index contributed by atoms with van der Waals surface area (Å²) in [6.45, 7) is 0.787. The first kappa shape index (κ1) is 43.1. The summed E-state index contributed by atoms with van der Waals surface area (Å²) in [5.41, 5.74) is 22.8. The number of carbonyl (C=O) groups excluding carboxylic acids is 5. The second-order valence-electron chi connectivity index (χ2n) is 13.5. The van der Waals surface area contributed by atoms with Crippen molar-refractivity contribution in [1.29, 1.82) is 0 Å². The van der Waals surface area contributed by atoms with Crippen molar-refractivity contribution in [2.24, 2.45) is 27.9 Å². The Bertz CT molecular complexity index is 1220. The Kier molecular flexibility index (Phi) is 18.6. The smallest absolute Gasteiger partial charge is 0.322 e. The molecule has 13 N–H and O–H groups in total. The number of nitrogens with two attached hydrogens (primary N) is 4. The van der Waals surface area contributed by atoms with Gasteiger partial charge in [-0.25, -0.2) is 0 Å². The first-order valence-corrected chi connectivity index (χ1v) is 17.7. The molecule has 19 nitrogen and oxygen atoms in total. The maximum Gasteiger partial charge on any atom is 0.322 e. The minimum atomic E-state index is -1.26. The Hall–Kier alpha value is -4.07. The van der Waals surface area contributed by atoms with Crippen molar-refractivity contribution >= 4 is 41.5 Å². The number of aliphatic hydroxyl groups is 1. The highest BCUT2D eigenvalue weighted by molar-refractivity contribution is 5.96. The number of hydrogen-bond acceptors (Lipinski definition) is 11. The number of aliphatic carboxylic acids is 1. The molecule has 0 bridgehead atoms. The lowest BCUT2D eigenvalue weighted by Crippen LogP contribution is -2.58. The molecule has 0 spiro atoms. The molecule has 0 aromatic heterocycles. The molecule has 2 heterocycles. The van der Waals surface area contributed by atoms with Crippen molar-refractivity contribution in [2.75, 3.05) is 53.4 Å². The molecule has 290 valence electrons. The number of carboxylic acid groups (broad SMARTS) is 1. The molecule has 0 aliphatic carbocycles. The molecule has 5 amide bonds. The van der Waals surface area contributed by atoms with Gasteiger partial charge in [0.15, 0.2) is 5.96 Å². The van der Waals surface area contributed by atoms with Crippen LogP contribution in [0, 0.1) is 0 Å². The molecule has 19 heteroatoms. The maximum absolute atomic E-state index is 14.1. The van der Waals surface area contributed by atoms with Gasteiger partial charge in [0.2, 0.25) is 29.5 Å². The highest BCUT2D eigenvalue weighted by Crippen LogP contribution is 2.26. The number of nitrogens with one attached hydrogen (secondary N) is 3. The largest absolute Gasteiger partial charge is 0.480 e. The fourth-order valence-corrected chi connectivity index (χ4v) is 6.26. The Morgan fingerprint density at radius 3 is 2.22 bits per heavy atom. The summed E-state index contributed by atoms with van der Waals surface area (Å²) >= 11 is 0. The summed E-state index contributed by atoms with van der Waals surface area (Å²) in [6, 6.07) is -5.05. The number of aliphatic hydroxyl groups excluding tert-OH is 1. The predicted molar refractivity (Wildman–Crippen MR) is 189 cm³/mol. The van der Waals surface area contributed by atoms with Crippen LogP contribution in [0.5, 0.6) is 0 Å². The van der Waals surface area contributed by atoms with Gasteiger partial charge < -0.3 is 63.8 Å². The van der Waals surface area contributed by atoms with Crippen LogP contribution >= 0.6 is 0 Å². The molecule has 0 radical (unpaired) electrons. The van der Waals surface area contributed by atoms with Crippen molar-refractivity contribution in [1.82, 2.24) is 30.7 Å². The monoisotopic (exact) mass is 725 g/mol. The third-order valence-electron chi connectivity index (χ3n) is 8.95. The lowest BCUT2D eigenvalue weighted by molar-refractivity contribution is -0.148. The van der Waals surface area contributed by atoms with E-state index in [1.165, 1.54) is 9.80 Å². The molecular formula is C32H59N11O8. The second-order valence-corrected chi connectivity index (χ2v) is 13.5. The van der Waals surface area contributed by atoms with E-state index < -0.39 is 78.4 Å². The van der Waals surface area contributed by atoms with Crippen LogP contribution in [0.15, 0.2) is 4.99 Å². The number of rotatable bonds is 22. The molecule has 0 unspecified atom stereocenters. The SMILES string of the molecule is CN(C)CCCC[C@H](N)C(=O)N[C@@H](CCCCN)C(=O)N[C@@H](CCCN=C(N)N)C(=O)N1CCC[C@H]1C(=O)N1C[C@H](O)C[C@H]1C(=O)NCC(=O)O. The number of carbonyl (C=O) groups is 6. The third kappa shape index (κ3) is 14.6. The van der Waals surface area contributed by atoms with Gasteiger partial charge in [-0.15, -0.1) is 0 Å². The van der Waals surface area contributed by atoms with E-state index in [1.807, 2.05) is 19.0 Å². The molecule has 2 saturated heterocycles. The number of amides is 5. The lowest BCUT2D eigenvalue weighted by Gasteiger charge is -2.33. The van der Waals surface area contributed by atoms with Gasteiger partial charge in [0.05, 0.1) is 12.1 Å². The molecule has 2 fully saturated rings. The van der Waals surface area contributed by atoms with E-state index in [0.717, 1.165) is 19.4 Å². The Labute approximate surface area is 299 Å². The molecular weight excluding hydrogens is 666 g/mol. The first-order chi connectivity index (χ1) is 24.2. The van der Waals surface area contributed by atoms with Crippen LogP contribution in [0.3, 0.4) is 0 Å². The van der Waals surface area contributed by atoms with Crippen LogP contribution in [0.4, 0.5) is 0 Å². The molecule has 0 saturated carbocycles. The zero-order valence-electron chi connectivity index (χ0n) is 29.9. The van der Waals surface area contributed by atoms with Gasteiger partial charge in [0.1, 0.15) is 30.7 Å². The first-order valence-electron chi connectivity index (χ1n) is 17.7. The number of hydrogen-bond donors (Lipinski definition) is 9. The van der Waals surface area contributed by atoms with Crippen molar-refractivity contribution in [3.63, 3.8) is 0 Å². The summed E-state index contributed by atoms with van der Waals surface area (Å²) in [4.78, 5) is 87.0. The maximum atomic E-state index is 14.1. The molecule has 0 aromatic rings. The van der Waals surface area contributed by atoms with Gasteiger partial charge in [-0.3, -0.25) is 33.8 Å². The van der Waals surface area contributed by atoms with Crippen LogP contribution in [0.2, 0.25) is 0 Å². The van der Waals surface area contributed by atoms with Gasteiger partial charge in [0.25, 0.3) is 0 Å². The molecule has 2 aliphatic heterocycles. The molecule has 2 aliphatic rings. The predicted octanol–water partition coefficient (Wildman–Crippen LogP) is -3.65. The van der Waals surface area contributed by atoms with E-state index in [0.29, 0.717) is 38.6 Å². The average molecular weight is 726 g/mol. The van der Waals surface area contributed by atoms with Crippen molar-refractivity contribution < 1.29 is 39.0 Å². The number of unbranched alkanes of at least 4 members (excludes halogenated alkanes) is 2. The Morgan fingerprint density at radius 2 is 1.57 bits per heavy atom. The minimum absolute atomic E-state index is 0.0850. The van der Waals surface area contributed by atoms with Crippen LogP contribution < -0.4 is 38.9 Å². The van der Waals surface area contributed by atoms with E-state index in [4.69, 9.17) is 28.0 Å².